The second kappa shape index (κ2) is 5.95. The summed E-state index contributed by atoms with van der Waals surface area (Å²) in [4.78, 5) is 11.4. The number of β-amino-alcohol motifs (C(OH)–C–C–N with tert-alkyl or cyclic N) is 1. The monoisotopic (exact) mass is 278 g/mol. The number of aromatic nitrogens is 2. The number of piperidine rings is 1. The molecule has 2 rings (SSSR count). The van der Waals surface area contributed by atoms with Crippen molar-refractivity contribution in [1.82, 2.24) is 9.97 Å². The van der Waals surface area contributed by atoms with Crippen LogP contribution in [0.1, 0.15) is 45.0 Å². The van der Waals surface area contributed by atoms with E-state index in [0.29, 0.717) is 6.54 Å². The molecule has 0 aromatic carbocycles. The van der Waals surface area contributed by atoms with Crippen molar-refractivity contribution in [2.75, 3.05) is 29.9 Å². The van der Waals surface area contributed by atoms with Gasteiger partial charge in [-0.1, -0.05) is 6.92 Å². The Bertz CT molecular complexity index is 473. The van der Waals surface area contributed by atoms with Crippen molar-refractivity contribution in [1.29, 1.82) is 0 Å². The molecule has 0 spiro atoms. The predicted molar refractivity (Wildman–Crippen MR) is 82.4 cm³/mol. The quantitative estimate of drug-likeness (QED) is 0.883. The van der Waals surface area contributed by atoms with Gasteiger partial charge >= 0.3 is 0 Å². The van der Waals surface area contributed by atoms with Gasteiger partial charge in [-0.25, -0.2) is 9.97 Å². The first kappa shape index (κ1) is 15.0. The fourth-order valence-electron chi connectivity index (χ4n) is 2.76. The summed E-state index contributed by atoms with van der Waals surface area (Å²) in [7, 11) is 0. The van der Waals surface area contributed by atoms with Crippen molar-refractivity contribution >= 4 is 11.6 Å². The largest absolute Gasteiger partial charge is 0.388 e. The molecule has 1 fully saturated rings. The number of nitrogens with zero attached hydrogens (tertiary/aromatic N) is 3. The maximum atomic E-state index is 10.3. The van der Waals surface area contributed by atoms with Crippen LogP contribution in [0, 0.1) is 6.92 Å². The molecule has 5 nitrogen and oxygen atoms in total. The Morgan fingerprint density at radius 3 is 2.70 bits per heavy atom. The van der Waals surface area contributed by atoms with Gasteiger partial charge in [-0.05, 0) is 33.6 Å². The van der Waals surface area contributed by atoms with E-state index in [4.69, 9.17) is 0 Å². The Morgan fingerprint density at radius 1 is 1.35 bits per heavy atom. The molecular formula is C15H26N4O. The Morgan fingerprint density at radius 2 is 2.10 bits per heavy atom. The molecule has 0 radical (unpaired) electrons. The highest BCUT2D eigenvalue weighted by Gasteiger charge is 2.30. The van der Waals surface area contributed by atoms with E-state index >= 15 is 0 Å². The predicted octanol–water partition coefficient (Wildman–Crippen LogP) is 2.13. The van der Waals surface area contributed by atoms with Gasteiger partial charge in [0.25, 0.3) is 0 Å². The van der Waals surface area contributed by atoms with Crippen LogP contribution in [0.5, 0.6) is 0 Å². The third kappa shape index (κ3) is 3.20. The minimum atomic E-state index is -0.625. The lowest BCUT2D eigenvalue weighted by atomic mass is 9.95. The average molecular weight is 278 g/mol. The van der Waals surface area contributed by atoms with Crippen LogP contribution >= 0.6 is 0 Å². The Kier molecular flexibility index (Phi) is 4.48. The molecule has 1 aliphatic rings. The summed E-state index contributed by atoms with van der Waals surface area (Å²) >= 11 is 0. The number of rotatable bonds is 4. The Labute approximate surface area is 121 Å². The van der Waals surface area contributed by atoms with E-state index in [9.17, 15) is 5.11 Å². The average Bonchev–Trinajstić information content (AvgIpc) is 2.40. The molecule has 1 unspecified atom stereocenters. The fraction of sp³-hybridized carbons (Fsp3) is 0.733. The molecule has 1 aromatic heterocycles. The van der Waals surface area contributed by atoms with E-state index in [0.717, 1.165) is 55.4 Å². The number of hydrogen-bond acceptors (Lipinski definition) is 5. The second-order valence-electron chi connectivity index (χ2n) is 5.84. The molecular weight excluding hydrogens is 252 g/mol. The van der Waals surface area contributed by atoms with Gasteiger partial charge in [-0.2, -0.15) is 0 Å². The van der Waals surface area contributed by atoms with Crippen LogP contribution in [0.15, 0.2) is 0 Å². The first-order valence-corrected chi connectivity index (χ1v) is 7.55. The summed E-state index contributed by atoms with van der Waals surface area (Å²) in [6, 6.07) is 0. The maximum absolute atomic E-state index is 10.3. The van der Waals surface area contributed by atoms with E-state index in [-0.39, 0.29) is 0 Å². The lowest BCUT2D eigenvalue weighted by Crippen LogP contribution is -2.46. The Balaban J connectivity index is 2.36. The lowest BCUT2D eigenvalue weighted by molar-refractivity contribution is 0.0446. The third-order valence-electron chi connectivity index (χ3n) is 3.80. The molecule has 1 aliphatic heterocycles. The number of aliphatic hydroxyl groups is 1. The van der Waals surface area contributed by atoms with Gasteiger partial charge in [-0.15, -0.1) is 0 Å². The van der Waals surface area contributed by atoms with Crippen molar-refractivity contribution < 1.29 is 5.11 Å². The molecule has 5 heteroatoms. The summed E-state index contributed by atoms with van der Waals surface area (Å²) in [6.45, 7) is 10.5. The molecule has 2 N–H and O–H groups in total. The molecule has 2 heterocycles. The molecule has 112 valence electrons. The number of aryl methyl sites for hydroxylation is 1. The van der Waals surface area contributed by atoms with Crippen LogP contribution in [0.4, 0.5) is 11.6 Å². The third-order valence-corrected chi connectivity index (χ3v) is 3.80. The SMILES string of the molecule is CCNc1nc(CC)nc(N2CCCC(C)(O)C2)c1C. The van der Waals surface area contributed by atoms with Crippen LogP contribution in [-0.2, 0) is 6.42 Å². The molecule has 20 heavy (non-hydrogen) atoms. The highest BCUT2D eigenvalue weighted by Crippen LogP contribution is 2.29. The van der Waals surface area contributed by atoms with E-state index in [1.54, 1.807) is 0 Å². The van der Waals surface area contributed by atoms with Crippen LogP contribution in [0.3, 0.4) is 0 Å². The van der Waals surface area contributed by atoms with Gasteiger partial charge in [0.1, 0.15) is 17.5 Å². The first-order chi connectivity index (χ1) is 9.46. The molecule has 0 aliphatic carbocycles. The van der Waals surface area contributed by atoms with Gasteiger partial charge in [0.05, 0.1) is 5.60 Å². The molecule has 1 aromatic rings. The van der Waals surface area contributed by atoms with Crippen LogP contribution in [-0.4, -0.2) is 40.3 Å². The van der Waals surface area contributed by atoms with E-state index in [1.807, 2.05) is 6.92 Å². The topological polar surface area (TPSA) is 61.3 Å². The zero-order chi connectivity index (χ0) is 14.8. The smallest absolute Gasteiger partial charge is 0.137 e. The first-order valence-electron chi connectivity index (χ1n) is 7.55. The van der Waals surface area contributed by atoms with Gasteiger partial charge in [-0.3, -0.25) is 0 Å². The molecule has 0 saturated carbocycles. The Hall–Kier alpha value is -1.36. The van der Waals surface area contributed by atoms with Crippen LogP contribution < -0.4 is 10.2 Å². The number of hydrogen-bond donors (Lipinski definition) is 2. The van der Waals surface area contributed by atoms with E-state index < -0.39 is 5.60 Å². The second-order valence-corrected chi connectivity index (χ2v) is 5.84. The minimum Gasteiger partial charge on any atom is -0.388 e. The number of nitrogens with one attached hydrogen (secondary N) is 1. The van der Waals surface area contributed by atoms with Gasteiger partial charge in [0.2, 0.25) is 0 Å². The zero-order valence-electron chi connectivity index (χ0n) is 13.0. The van der Waals surface area contributed by atoms with Crippen molar-refractivity contribution in [3.8, 4) is 0 Å². The van der Waals surface area contributed by atoms with Crippen LogP contribution in [0.25, 0.3) is 0 Å². The highest BCUT2D eigenvalue weighted by atomic mass is 16.3. The fourth-order valence-corrected chi connectivity index (χ4v) is 2.76. The summed E-state index contributed by atoms with van der Waals surface area (Å²) < 4.78 is 0. The standard InChI is InChI=1S/C15H26N4O/c1-5-12-17-13(16-6-2)11(3)14(18-12)19-9-7-8-15(4,20)10-19/h20H,5-10H2,1-4H3,(H,16,17,18). The van der Waals surface area contributed by atoms with E-state index in [1.165, 1.54) is 0 Å². The minimum absolute atomic E-state index is 0.625. The normalized spacial score (nSPS) is 22.9. The van der Waals surface area contributed by atoms with Crippen molar-refractivity contribution in [2.24, 2.45) is 0 Å². The highest BCUT2D eigenvalue weighted by molar-refractivity contribution is 5.59. The summed E-state index contributed by atoms with van der Waals surface area (Å²) in [6.07, 6.45) is 2.67. The summed E-state index contributed by atoms with van der Waals surface area (Å²) in [5.74, 6) is 2.74. The maximum Gasteiger partial charge on any atom is 0.137 e. The molecule has 1 saturated heterocycles. The molecule has 0 bridgehead atoms. The van der Waals surface area contributed by atoms with Crippen molar-refractivity contribution in [3.63, 3.8) is 0 Å². The van der Waals surface area contributed by atoms with E-state index in [2.05, 4.69) is 41.0 Å². The molecule has 0 amide bonds. The summed E-state index contributed by atoms with van der Waals surface area (Å²) in [5.41, 5.74) is 0.446. The molecule has 1 atom stereocenters. The van der Waals surface area contributed by atoms with Gasteiger partial charge < -0.3 is 15.3 Å². The van der Waals surface area contributed by atoms with Crippen molar-refractivity contribution in [3.05, 3.63) is 11.4 Å². The zero-order valence-corrected chi connectivity index (χ0v) is 13.0. The van der Waals surface area contributed by atoms with Crippen molar-refractivity contribution in [2.45, 2.75) is 52.6 Å². The number of anilines is 2. The van der Waals surface area contributed by atoms with Gasteiger partial charge in [0, 0.05) is 31.6 Å². The summed E-state index contributed by atoms with van der Waals surface area (Å²) in [5, 5.41) is 13.6. The van der Waals surface area contributed by atoms with Crippen LogP contribution in [0.2, 0.25) is 0 Å². The lowest BCUT2D eigenvalue weighted by Gasteiger charge is -2.38. The van der Waals surface area contributed by atoms with Gasteiger partial charge in [0.15, 0.2) is 0 Å².